The fourth-order valence-corrected chi connectivity index (χ4v) is 4.20. The molecule has 3 aromatic rings. The van der Waals surface area contributed by atoms with Gasteiger partial charge in [0.2, 0.25) is 5.91 Å². The number of thiocarbonyl (C=S) groups is 1. The number of ether oxygens (including phenoxy) is 1. The molecule has 1 atom stereocenters. The first-order chi connectivity index (χ1) is 16.1. The van der Waals surface area contributed by atoms with Gasteiger partial charge in [0, 0.05) is 12.2 Å². The molecule has 6 nitrogen and oxygen atoms in total. The molecule has 1 heterocycles. The summed E-state index contributed by atoms with van der Waals surface area (Å²) in [6, 6.07) is 25.7. The van der Waals surface area contributed by atoms with Crippen LogP contribution in [0.2, 0.25) is 0 Å². The number of methoxy groups -OCH3 is 1. The Morgan fingerprint density at radius 2 is 1.64 bits per heavy atom. The number of imide groups is 1. The van der Waals surface area contributed by atoms with Crippen LogP contribution >= 0.6 is 12.2 Å². The first-order valence-electron chi connectivity index (χ1n) is 10.7. The van der Waals surface area contributed by atoms with E-state index in [1.165, 1.54) is 4.90 Å². The third kappa shape index (κ3) is 5.21. The predicted octanol–water partition coefficient (Wildman–Crippen LogP) is 4.27. The standard InChI is InChI=1S/C26H25N3O3S/c1-32-22-14-12-19(13-15-22)16-17-28(26(33)27-20-8-4-2-5-9-20)23-18-24(30)29(25(23)31)21-10-6-3-7-11-21/h2-15,23H,16-18H2,1H3,(H,27,33)/t23-/m1/s1. The second-order valence-electron chi connectivity index (χ2n) is 7.71. The monoisotopic (exact) mass is 459 g/mol. The number of hydrogen-bond donors (Lipinski definition) is 1. The van der Waals surface area contributed by atoms with Crippen molar-refractivity contribution in [3.8, 4) is 5.75 Å². The summed E-state index contributed by atoms with van der Waals surface area (Å²) in [4.78, 5) is 29.3. The number of benzene rings is 3. The number of carbonyl (C=O) groups is 2. The third-order valence-electron chi connectivity index (χ3n) is 5.60. The molecule has 7 heteroatoms. The molecular formula is C26H25N3O3S. The van der Waals surface area contributed by atoms with Gasteiger partial charge in [-0.2, -0.15) is 0 Å². The van der Waals surface area contributed by atoms with Crippen LogP contribution in [0.3, 0.4) is 0 Å². The molecule has 1 aliphatic heterocycles. The second-order valence-corrected chi connectivity index (χ2v) is 8.10. The fraction of sp³-hybridized carbons (Fsp3) is 0.192. The Hall–Kier alpha value is -3.71. The van der Waals surface area contributed by atoms with Crippen LogP contribution in [0.1, 0.15) is 12.0 Å². The van der Waals surface area contributed by atoms with Crippen molar-refractivity contribution in [1.29, 1.82) is 0 Å². The quantitative estimate of drug-likeness (QED) is 0.421. The van der Waals surface area contributed by atoms with Gasteiger partial charge in [-0.05, 0) is 60.6 Å². The maximum Gasteiger partial charge on any atom is 0.257 e. The summed E-state index contributed by atoms with van der Waals surface area (Å²) in [5.74, 6) is 0.290. The summed E-state index contributed by atoms with van der Waals surface area (Å²) in [6.45, 7) is 0.483. The van der Waals surface area contributed by atoms with E-state index < -0.39 is 6.04 Å². The number of rotatable bonds is 7. The lowest BCUT2D eigenvalue weighted by molar-refractivity contribution is -0.122. The molecule has 2 amide bonds. The Morgan fingerprint density at radius 3 is 2.27 bits per heavy atom. The van der Waals surface area contributed by atoms with Gasteiger partial charge in [0.15, 0.2) is 5.11 Å². The van der Waals surface area contributed by atoms with Gasteiger partial charge in [-0.15, -0.1) is 0 Å². The number of amides is 2. The van der Waals surface area contributed by atoms with E-state index >= 15 is 0 Å². The molecule has 1 saturated heterocycles. The van der Waals surface area contributed by atoms with E-state index in [1.54, 1.807) is 19.2 Å². The van der Waals surface area contributed by atoms with Crippen molar-refractivity contribution in [2.75, 3.05) is 23.9 Å². The molecule has 0 bridgehead atoms. The molecule has 0 saturated carbocycles. The number of para-hydroxylation sites is 2. The summed E-state index contributed by atoms with van der Waals surface area (Å²) in [6.07, 6.45) is 0.733. The molecule has 1 N–H and O–H groups in total. The van der Waals surface area contributed by atoms with Crippen LogP contribution < -0.4 is 15.0 Å². The number of nitrogens with zero attached hydrogens (tertiary/aromatic N) is 2. The van der Waals surface area contributed by atoms with Gasteiger partial charge >= 0.3 is 0 Å². The van der Waals surface area contributed by atoms with Crippen molar-refractivity contribution in [3.63, 3.8) is 0 Å². The fourth-order valence-electron chi connectivity index (χ4n) is 3.87. The molecule has 168 valence electrons. The van der Waals surface area contributed by atoms with Gasteiger partial charge in [-0.1, -0.05) is 48.5 Å². The normalized spacial score (nSPS) is 15.4. The molecule has 1 aliphatic rings. The highest BCUT2D eigenvalue weighted by atomic mass is 32.1. The molecular weight excluding hydrogens is 434 g/mol. The van der Waals surface area contributed by atoms with Gasteiger partial charge in [-0.3, -0.25) is 9.59 Å². The zero-order valence-corrected chi connectivity index (χ0v) is 19.1. The van der Waals surface area contributed by atoms with Crippen molar-refractivity contribution in [3.05, 3.63) is 90.5 Å². The largest absolute Gasteiger partial charge is 0.497 e. The van der Waals surface area contributed by atoms with Gasteiger partial charge in [0.05, 0.1) is 19.2 Å². The molecule has 0 radical (unpaired) electrons. The predicted molar refractivity (Wildman–Crippen MR) is 133 cm³/mol. The van der Waals surface area contributed by atoms with Crippen LogP contribution in [-0.4, -0.2) is 41.5 Å². The van der Waals surface area contributed by atoms with Crippen molar-refractivity contribution < 1.29 is 14.3 Å². The Bertz CT molecular complexity index is 1120. The minimum absolute atomic E-state index is 0.0763. The van der Waals surface area contributed by atoms with Gasteiger partial charge in [0.1, 0.15) is 11.8 Å². The zero-order valence-electron chi connectivity index (χ0n) is 18.3. The third-order valence-corrected chi connectivity index (χ3v) is 5.94. The maximum atomic E-state index is 13.4. The Balaban J connectivity index is 1.56. The van der Waals surface area contributed by atoms with Crippen LogP contribution in [0.5, 0.6) is 5.75 Å². The first kappa shape index (κ1) is 22.5. The van der Waals surface area contributed by atoms with E-state index in [0.717, 1.165) is 17.0 Å². The lowest BCUT2D eigenvalue weighted by Gasteiger charge is -2.30. The van der Waals surface area contributed by atoms with E-state index in [4.69, 9.17) is 17.0 Å². The molecule has 3 aromatic carbocycles. The van der Waals surface area contributed by atoms with Crippen LogP contribution in [0, 0.1) is 0 Å². The van der Waals surface area contributed by atoms with E-state index in [2.05, 4.69) is 5.32 Å². The molecule has 0 spiro atoms. The minimum Gasteiger partial charge on any atom is -0.497 e. The Kier molecular flexibility index (Phi) is 7.00. The van der Waals surface area contributed by atoms with Crippen LogP contribution in [0.15, 0.2) is 84.9 Å². The maximum absolute atomic E-state index is 13.4. The van der Waals surface area contributed by atoms with E-state index in [0.29, 0.717) is 23.8 Å². The SMILES string of the molecule is COc1ccc(CCN(C(=S)Nc2ccccc2)[C@@H]2CC(=O)N(c3ccccc3)C2=O)cc1. The van der Waals surface area contributed by atoms with E-state index in [1.807, 2.05) is 77.7 Å². The average molecular weight is 460 g/mol. The van der Waals surface area contributed by atoms with E-state index in [9.17, 15) is 9.59 Å². The minimum atomic E-state index is -0.667. The number of hydrogen-bond acceptors (Lipinski definition) is 4. The lowest BCUT2D eigenvalue weighted by Crippen LogP contribution is -2.48. The number of nitrogens with one attached hydrogen (secondary N) is 1. The second kappa shape index (κ2) is 10.3. The number of carbonyl (C=O) groups excluding carboxylic acids is 2. The van der Waals surface area contributed by atoms with Gasteiger partial charge in [0.25, 0.3) is 5.91 Å². The topological polar surface area (TPSA) is 61.9 Å². The Morgan fingerprint density at radius 1 is 1.00 bits per heavy atom. The average Bonchev–Trinajstić information content (AvgIpc) is 3.14. The highest BCUT2D eigenvalue weighted by Gasteiger charge is 2.43. The molecule has 0 unspecified atom stereocenters. The van der Waals surface area contributed by atoms with Crippen molar-refractivity contribution in [2.45, 2.75) is 18.9 Å². The first-order valence-corrected chi connectivity index (χ1v) is 11.1. The smallest absolute Gasteiger partial charge is 0.257 e. The molecule has 0 aromatic heterocycles. The molecule has 1 fully saturated rings. The lowest BCUT2D eigenvalue weighted by atomic mass is 10.1. The van der Waals surface area contributed by atoms with Crippen molar-refractivity contribution >= 4 is 40.5 Å². The van der Waals surface area contributed by atoms with Crippen molar-refractivity contribution in [1.82, 2.24) is 4.90 Å². The van der Waals surface area contributed by atoms with Crippen LogP contribution in [0.4, 0.5) is 11.4 Å². The molecule has 33 heavy (non-hydrogen) atoms. The van der Waals surface area contributed by atoms with Crippen LogP contribution in [-0.2, 0) is 16.0 Å². The highest BCUT2D eigenvalue weighted by molar-refractivity contribution is 7.80. The zero-order chi connectivity index (χ0) is 23.2. The van der Waals surface area contributed by atoms with Gasteiger partial charge in [-0.25, -0.2) is 4.90 Å². The summed E-state index contributed by atoms with van der Waals surface area (Å²) in [5, 5.41) is 3.63. The summed E-state index contributed by atoms with van der Waals surface area (Å²) >= 11 is 5.71. The number of anilines is 2. The van der Waals surface area contributed by atoms with Gasteiger partial charge < -0.3 is 15.0 Å². The Labute approximate surface area is 198 Å². The molecule has 0 aliphatic carbocycles. The summed E-state index contributed by atoms with van der Waals surface area (Å²) in [5.41, 5.74) is 2.49. The summed E-state index contributed by atoms with van der Waals surface area (Å²) < 4.78 is 5.23. The molecule has 4 rings (SSSR count). The highest BCUT2D eigenvalue weighted by Crippen LogP contribution is 2.26. The summed E-state index contributed by atoms with van der Waals surface area (Å²) in [7, 11) is 1.63. The van der Waals surface area contributed by atoms with Crippen LogP contribution in [0.25, 0.3) is 0 Å². The van der Waals surface area contributed by atoms with Crippen molar-refractivity contribution in [2.24, 2.45) is 0 Å². The van der Waals surface area contributed by atoms with E-state index in [-0.39, 0.29) is 18.2 Å².